The lowest BCUT2D eigenvalue weighted by atomic mass is 10.3. The topological polar surface area (TPSA) is 76.2 Å². The third-order valence-corrected chi connectivity index (χ3v) is 3.35. The minimum absolute atomic E-state index is 0.0709. The van der Waals surface area contributed by atoms with Gasteiger partial charge in [0.15, 0.2) is 5.65 Å². The number of fused-ring (bicyclic) bond motifs is 1. The molecule has 0 aliphatic rings. The van der Waals surface area contributed by atoms with Gasteiger partial charge < -0.3 is 5.11 Å². The molecule has 6 nitrogen and oxygen atoms in total. The number of rotatable bonds is 3. The molecule has 1 N–H and O–H groups in total. The lowest BCUT2D eigenvalue weighted by Gasteiger charge is -2.13. The number of aromatic nitrogens is 5. The molecule has 15 heavy (non-hydrogen) atoms. The fourth-order valence-electron chi connectivity index (χ4n) is 1.02. The Morgan fingerprint density at radius 3 is 2.93 bits per heavy atom. The zero-order chi connectivity index (χ0) is 10.8. The summed E-state index contributed by atoms with van der Waals surface area (Å²) >= 11 is 1.49. The first-order valence-corrected chi connectivity index (χ1v) is 5.43. The largest absolute Gasteiger partial charge is 0.392 e. The number of hydrogen-bond donors (Lipinski definition) is 1. The molecular weight excluding hydrogens is 214 g/mol. The molecule has 0 aliphatic heterocycles. The third kappa shape index (κ3) is 2.07. The molecule has 2 atom stereocenters. The van der Waals surface area contributed by atoms with Crippen LogP contribution in [0.1, 0.15) is 13.8 Å². The van der Waals surface area contributed by atoms with Gasteiger partial charge in [0.1, 0.15) is 5.03 Å². The predicted octanol–water partition coefficient (Wildman–Crippen LogP) is 0.381. The second-order valence-corrected chi connectivity index (χ2v) is 4.66. The minimum atomic E-state index is -0.387. The molecule has 0 amide bonds. The molecule has 2 aromatic rings. The molecule has 0 aliphatic carbocycles. The Labute approximate surface area is 90.7 Å². The first-order chi connectivity index (χ1) is 7.18. The van der Waals surface area contributed by atoms with E-state index in [0.717, 1.165) is 5.03 Å². The van der Waals surface area contributed by atoms with E-state index in [1.54, 1.807) is 23.8 Å². The average molecular weight is 225 g/mol. The molecule has 2 unspecified atom stereocenters. The number of tetrazole rings is 1. The second-order valence-electron chi connectivity index (χ2n) is 3.26. The zero-order valence-electron chi connectivity index (χ0n) is 8.40. The maximum atomic E-state index is 9.40. The summed E-state index contributed by atoms with van der Waals surface area (Å²) < 4.78 is 1.61. The van der Waals surface area contributed by atoms with Gasteiger partial charge in [-0.3, -0.25) is 4.98 Å². The Balaban J connectivity index is 2.31. The Hall–Kier alpha value is -1.21. The standard InChI is InChI=1S/C8H11N5OS/c1-5(14)6(2)15-8-4-9-3-7-10-11-12-13(7)8/h3-6,14H,1-2H3. The summed E-state index contributed by atoms with van der Waals surface area (Å²) in [5.74, 6) is 0. The molecule has 0 fully saturated rings. The summed E-state index contributed by atoms with van der Waals surface area (Å²) in [6, 6.07) is 0. The van der Waals surface area contributed by atoms with Crippen LogP contribution in [0.15, 0.2) is 17.4 Å². The fourth-order valence-corrected chi connectivity index (χ4v) is 1.95. The quantitative estimate of drug-likeness (QED) is 0.761. The van der Waals surface area contributed by atoms with Crippen LogP contribution in [0.3, 0.4) is 0 Å². The van der Waals surface area contributed by atoms with Crippen molar-refractivity contribution in [2.75, 3.05) is 0 Å². The van der Waals surface area contributed by atoms with Crippen LogP contribution < -0.4 is 0 Å². The normalized spacial score (nSPS) is 15.4. The molecule has 2 heterocycles. The lowest BCUT2D eigenvalue weighted by Crippen LogP contribution is -2.15. The Morgan fingerprint density at radius 2 is 2.20 bits per heavy atom. The Morgan fingerprint density at radius 1 is 1.40 bits per heavy atom. The van der Waals surface area contributed by atoms with Crippen molar-refractivity contribution in [3.05, 3.63) is 12.4 Å². The summed E-state index contributed by atoms with van der Waals surface area (Å²) in [5.41, 5.74) is 0.609. The number of aliphatic hydroxyl groups excluding tert-OH is 1. The van der Waals surface area contributed by atoms with Crippen LogP contribution in [-0.4, -0.2) is 41.5 Å². The molecule has 0 radical (unpaired) electrons. The van der Waals surface area contributed by atoms with E-state index in [0.29, 0.717) is 5.65 Å². The smallest absolute Gasteiger partial charge is 0.198 e. The van der Waals surface area contributed by atoms with Gasteiger partial charge in [0.2, 0.25) is 0 Å². The van der Waals surface area contributed by atoms with Gasteiger partial charge in [-0.25, -0.2) is 0 Å². The van der Waals surface area contributed by atoms with Gasteiger partial charge >= 0.3 is 0 Å². The molecule has 0 saturated heterocycles. The van der Waals surface area contributed by atoms with Gasteiger partial charge in [-0.2, -0.15) is 4.52 Å². The summed E-state index contributed by atoms with van der Waals surface area (Å²) in [5, 5.41) is 21.5. The van der Waals surface area contributed by atoms with Crippen molar-refractivity contribution < 1.29 is 5.11 Å². The van der Waals surface area contributed by atoms with Gasteiger partial charge in [-0.05, 0) is 17.4 Å². The summed E-state index contributed by atoms with van der Waals surface area (Å²) in [6.45, 7) is 3.70. The average Bonchev–Trinajstić information content (AvgIpc) is 2.66. The van der Waals surface area contributed by atoms with Gasteiger partial charge in [0.05, 0.1) is 18.5 Å². The van der Waals surface area contributed by atoms with Crippen molar-refractivity contribution >= 4 is 17.4 Å². The van der Waals surface area contributed by atoms with Crippen molar-refractivity contribution in [2.45, 2.75) is 30.2 Å². The Bertz CT molecular complexity index is 457. The van der Waals surface area contributed by atoms with Crippen LogP contribution in [0.25, 0.3) is 5.65 Å². The molecule has 0 saturated carbocycles. The van der Waals surface area contributed by atoms with E-state index >= 15 is 0 Å². The van der Waals surface area contributed by atoms with Crippen LogP contribution in [0.5, 0.6) is 0 Å². The maximum Gasteiger partial charge on any atom is 0.198 e. The van der Waals surface area contributed by atoms with Crippen molar-refractivity contribution in [2.24, 2.45) is 0 Å². The fraction of sp³-hybridized carbons (Fsp3) is 0.500. The first kappa shape index (κ1) is 10.3. The summed E-state index contributed by atoms with van der Waals surface area (Å²) in [7, 11) is 0. The molecule has 0 bridgehead atoms. The molecule has 0 spiro atoms. The minimum Gasteiger partial charge on any atom is -0.392 e. The van der Waals surface area contributed by atoms with Gasteiger partial charge in [0, 0.05) is 5.25 Å². The highest BCUT2D eigenvalue weighted by atomic mass is 32.2. The molecule has 0 aromatic carbocycles. The number of hydrogen-bond acceptors (Lipinski definition) is 6. The van der Waals surface area contributed by atoms with Gasteiger partial charge in [-0.1, -0.05) is 18.7 Å². The van der Waals surface area contributed by atoms with E-state index in [4.69, 9.17) is 0 Å². The molecular formula is C8H11N5OS. The highest BCUT2D eigenvalue weighted by molar-refractivity contribution is 7.99. The number of aliphatic hydroxyl groups is 1. The van der Waals surface area contributed by atoms with E-state index in [1.807, 2.05) is 6.92 Å². The van der Waals surface area contributed by atoms with E-state index in [-0.39, 0.29) is 11.4 Å². The van der Waals surface area contributed by atoms with E-state index < -0.39 is 0 Å². The lowest BCUT2D eigenvalue weighted by molar-refractivity contribution is 0.196. The second kappa shape index (κ2) is 4.11. The van der Waals surface area contributed by atoms with Crippen LogP contribution in [0, 0.1) is 0 Å². The third-order valence-electron chi connectivity index (χ3n) is 2.06. The molecule has 2 aromatic heterocycles. The van der Waals surface area contributed by atoms with Gasteiger partial charge in [0.25, 0.3) is 0 Å². The summed E-state index contributed by atoms with van der Waals surface area (Å²) in [4.78, 5) is 4.03. The highest BCUT2D eigenvalue weighted by Crippen LogP contribution is 2.23. The van der Waals surface area contributed by atoms with Crippen LogP contribution in [0.4, 0.5) is 0 Å². The van der Waals surface area contributed by atoms with E-state index in [2.05, 4.69) is 20.5 Å². The van der Waals surface area contributed by atoms with Crippen LogP contribution in [-0.2, 0) is 0 Å². The first-order valence-electron chi connectivity index (χ1n) is 4.55. The zero-order valence-corrected chi connectivity index (χ0v) is 9.22. The van der Waals surface area contributed by atoms with Crippen LogP contribution in [0.2, 0.25) is 0 Å². The van der Waals surface area contributed by atoms with Gasteiger partial charge in [-0.15, -0.1) is 5.10 Å². The van der Waals surface area contributed by atoms with E-state index in [1.165, 1.54) is 11.8 Å². The van der Waals surface area contributed by atoms with E-state index in [9.17, 15) is 5.11 Å². The highest BCUT2D eigenvalue weighted by Gasteiger charge is 2.13. The molecule has 7 heteroatoms. The Kier molecular flexibility index (Phi) is 2.83. The van der Waals surface area contributed by atoms with Crippen molar-refractivity contribution in [3.8, 4) is 0 Å². The molecule has 80 valence electrons. The predicted molar refractivity (Wildman–Crippen MR) is 55.6 cm³/mol. The number of nitrogens with zero attached hydrogens (tertiary/aromatic N) is 5. The van der Waals surface area contributed by atoms with Crippen molar-refractivity contribution in [3.63, 3.8) is 0 Å². The number of thioether (sulfide) groups is 1. The van der Waals surface area contributed by atoms with Crippen LogP contribution >= 0.6 is 11.8 Å². The SMILES string of the molecule is CC(O)C(C)Sc1cncc2nnnn12. The van der Waals surface area contributed by atoms with Crippen molar-refractivity contribution in [1.82, 2.24) is 25.0 Å². The maximum absolute atomic E-state index is 9.40. The summed E-state index contributed by atoms with van der Waals surface area (Å²) in [6.07, 6.45) is 2.89. The van der Waals surface area contributed by atoms with Crippen molar-refractivity contribution in [1.29, 1.82) is 0 Å². The molecule has 2 rings (SSSR count). The monoisotopic (exact) mass is 225 g/mol.